The first-order valence-corrected chi connectivity index (χ1v) is 31.9. The number of benzene rings is 4. The summed E-state index contributed by atoms with van der Waals surface area (Å²) in [5, 5.41) is 104. The summed E-state index contributed by atoms with van der Waals surface area (Å²) in [6.07, 6.45) is -11.9. The number of amides is 7. The second-order valence-electron chi connectivity index (χ2n) is 24.7. The number of carbonyl (C=O) groups is 7. The number of fused-ring (bicyclic) bond motifs is 2. The third kappa shape index (κ3) is 18.2. The number of phenols is 1. The number of aliphatic hydroxyl groups excluding tert-OH is 6. The van der Waals surface area contributed by atoms with E-state index in [-0.39, 0.29) is 77.5 Å². The van der Waals surface area contributed by atoms with Crippen LogP contribution < -0.4 is 80.3 Å². The van der Waals surface area contributed by atoms with Gasteiger partial charge < -0.3 is 106 Å². The van der Waals surface area contributed by atoms with Crippen molar-refractivity contribution in [2.24, 2.45) is 5.92 Å². The fraction of sp³-hybridized carbons (Fsp3) is 0.500. The van der Waals surface area contributed by atoms with Gasteiger partial charge in [0.05, 0.1) is 42.7 Å². The summed E-state index contributed by atoms with van der Waals surface area (Å²) in [6, 6.07) is 15.3. The quantitative estimate of drug-likeness (QED) is 0.0125. The summed E-state index contributed by atoms with van der Waals surface area (Å²) in [5.41, 5.74) is 5.14. The van der Waals surface area contributed by atoms with Gasteiger partial charge in [-0.05, 0) is 98.1 Å². The Balaban J connectivity index is 0.0000118. The molecule has 0 saturated carbocycles. The monoisotopic (exact) mass is 1360 g/mol. The van der Waals surface area contributed by atoms with Crippen LogP contribution in [0.5, 0.6) is 11.5 Å². The van der Waals surface area contributed by atoms with Gasteiger partial charge in [-0.1, -0.05) is 37.3 Å². The van der Waals surface area contributed by atoms with Crippen molar-refractivity contribution in [2.45, 2.75) is 132 Å². The van der Waals surface area contributed by atoms with Crippen LogP contribution in [0.4, 0.5) is 17.1 Å². The van der Waals surface area contributed by atoms with Crippen molar-refractivity contribution in [1.82, 2.24) is 36.4 Å². The summed E-state index contributed by atoms with van der Waals surface area (Å²) >= 11 is 0.00998. The maximum atomic E-state index is 14.7. The van der Waals surface area contributed by atoms with Crippen LogP contribution in [0.3, 0.4) is 0 Å². The number of hydrogen-bond acceptors (Lipinski definition) is 23. The third-order valence-electron chi connectivity index (χ3n) is 17.7. The molecule has 12 N–H and O–H groups in total. The minimum atomic E-state index is -2.15. The van der Waals surface area contributed by atoms with Crippen LogP contribution in [0.2, 0.25) is 0 Å². The van der Waals surface area contributed by atoms with E-state index < -0.39 is 165 Å². The van der Waals surface area contributed by atoms with Gasteiger partial charge in [0.15, 0.2) is 17.6 Å². The molecule has 7 amide bonds. The molecule has 5 saturated heterocycles. The molecule has 9 rings (SSSR count). The number of hydrogen-bond donors (Lipinski definition) is 12. The Labute approximate surface area is 580 Å². The van der Waals surface area contributed by atoms with Crippen molar-refractivity contribution in [1.29, 1.82) is 0 Å². The smallest absolute Gasteiger partial charge is 0.691 e. The van der Waals surface area contributed by atoms with E-state index in [4.69, 9.17) is 15.5 Å². The molecule has 96 heavy (non-hydrogen) atoms. The molecular formula is C64H80N11NaO19S. The average Bonchev–Trinajstić information content (AvgIpc) is 1.59. The van der Waals surface area contributed by atoms with Crippen molar-refractivity contribution >= 4 is 70.7 Å². The van der Waals surface area contributed by atoms with Crippen molar-refractivity contribution in [2.75, 3.05) is 80.1 Å². The normalized spacial score (nSPS) is 27.5. The van der Waals surface area contributed by atoms with Crippen LogP contribution in [-0.4, -0.2) is 237 Å². The standard InChI is InChI=1S/C64H81N11O19S.Na/c1-34-30-75-56(57(34)82)62(87)66-28-45(77)26-47(67-58(83)41-9-7-39(8-10-41)40-11-13-42(14-12-40)71-20-22-72(23-21-71)43-15-17-44(18-16-43)73-31-35(2)91-36(3)32-73)59(84)68-53(37(4)76)63(88)74-33-46(78)27-48(74)60(85)69-54(61(86)70-55(64(75)89)51(81)29-65-5)50(80)24-38-6-19-49(79)52(25-38)92-95-94-93-90;/h6-19,25,34-37,45-48,50-51,53-57,76-82,90H,20-24,26-33H2,1-4H3,(H,66,87)(H,67,83)(H,68,84)(H,69,85)(H,70,86);/q;+1/p-1/t34?,35?,36?,37?,45-,46?,47-,48?,50+,51+,53?,54?,55-,56?,57-;/m0./s1. The molecule has 5 aliphatic heterocycles. The first-order valence-electron chi connectivity index (χ1n) is 31.3. The number of carbonyl (C=O) groups excluding carboxylic acids is 7. The molecule has 0 bridgehead atoms. The van der Waals surface area contributed by atoms with Crippen LogP contribution in [-0.2, 0) is 49.3 Å². The number of aromatic hydroxyl groups is 1. The average molecular weight is 1360 g/mol. The zero-order valence-electron chi connectivity index (χ0n) is 53.6. The van der Waals surface area contributed by atoms with Gasteiger partial charge in [-0.25, -0.2) is 6.57 Å². The number of aliphatic hydroxyl groups is 6. The summed E-state index contributed by atoms with van der Waals surface area (Å²) in [7, 11) is 0. The number of β-amino-alcohol motifs (C(OH)–C–C–N with tert-alkyl or cyclic N) is 1. The molecule has 9 unspecified atom stereocenters. The van der Waals surface area contributed by atoms with Crippen LogP contribution >= 0.6 is 12.3 Å². The van der Waals surface area contributed by atoms with Crippen LogP contribution in [0.1, 0.15) is 56.5 Å². The molecule has 512 valence electrons. The van der Waals surface area contributed by atoms with E-state index in [0.29, 0.717) is 0 Å². The van der Waals surface area contributed by atoms with Crippen molar-refractivity contribution in [3.63, 3.8) is 0 Å². The van der Waals surface area contributed by atoms with Gasteiger partial charge in [0.2, 0.25) is 42.0 Å². The van der Waals surface area contributed by atoms with Gasteiger partial charge in [0.1, 0.15) is 36.3 Å². The van der Waals surface area contributed by atoms with Gasteiger partial charge >= 0.3 is 29.6 Å². The van der Waals surface area contributed by atoms with Gasteiger partial charge in [-0.2, -0.15) is 0 Å². The number of piperazine rings is 1. The minimum Gasteiger partial charge on any atom is -0.691 e. The Morgan fingerprint density at radius 3 is 1.85 bits per heavy atom. The number of ether oxygens (including phenoxy) is 1. The fourth-order valence-electron chi connectivity index (χ4n) is 12.7. The second-order valence-corrected chi connectivity index (χ2v) is 25.1. The summed E-state index contributed by atoms with van der Waals surface area (Å²) in [6.45, 7) is 16.8. The number of rotatable bonds is 16. The molecule has 4 aromatic rings. The van der Waals surface area contributed by atoms with E-state index in [9.17, 15) is 74.6 Å². The largest absolute Gasteiger partial charge is 1.00 e. The van der Waals surface area contributed by atoms with Crippen LogP contribution in [0, 0.1) is 12.5 Å². The SMILES string of the molecule is [C-]#[N+]C[C@@H](O)[C@@H]1NC(=O)C([C@H](O)Cc2ccc(O)c(OSOO[O-])c2)NC(=O)C2CC(O)CN2C(=O)C(C(C)O)NC(=O)[C@@H](NC(=O)c2ccc(-c3ccc(N4CCN(c5ccc(N6CC(C)OC(C)C6)cc5)CC4)cc3)cc2)C[C@H](O)CNC(=O)C2[C@@H](O)C(C)CN2C1=O.[Na+]. The fourth-order valence-corrected chi connectivity index (χ4v) is 13.0. The Morgan fingerprint density at radius 2 is 1.26 bits per heavy atom. The molecule has 32 heteroatoms. The Bertz CT molecular complexity index is 3400. The summed E-state index contributed by atoms with van der Waals surface area (Å²) < 4.78 is 15.1. The van der Waals surface area contributed by atoms with Gasteiger partial charge in [-0.3, -0.25) is 38.6 Å². The maximum Gasteiger partial charge on any atom is 1.00 e. The third-order valence-corrected chi connectivity index (χ3v) is 18.0. The maximum absolute atomic E-state index is 14.7. The zero-order valence-corrected chi connectivity index (χ0v) is 56.5. The van der Waals surface area contributed by atoms with Crippen LogP contribution in [0.25, 0.3) is 16.0 Å². The van der Waals surface area contributed by atoms with E-state index in [1.165, 1.54) is 30.8 Å². The molecule has 5 fully saturated rings. The topological polar surface area (TPSA) is 402 Å². The van der Waals surface area contributed by atoms with Gasteiger partial charge in [0.25, 0.3) is 18.2 Å². The molecule has 4 aromatic carbocycles. The Hall–Kier alpha value is -7.39. The predicted molar refractivity (Wildman–Crippen MR) is 340 cm³/mol. The minimum absolute atomic E-state index is 0. The molecule has 30 nitrogen and oxygen atoms in total. The molecule has 5 heterocycles. The van der Waals surface area contributed by atoms with Crippen LogP contribution in [0.15, 0.2) is 91.0 Å². The van der Waals surface area contributed by atoms with Gasteiger partial charge in [0, 0.05) is 107 Å². The Morgan fingerprint density at radius 1 is 0.698 bits per heavy atom. The first-order chi connectivity index (χ1) is 45.4. The summed E-state index contributed by atoms with van der Waals surface area (Å²) in [4.78, 5) is 113. The van der Waals surface area contributed by atoms with Crippen molar-refractivity contribution in [3.05, 3.63) is 114 Å². The molecule has 15 atom stereocenters. The number of morpholine rings is 1. The zero-order chi connectivity index (χ0) is 68.4. The van der Waals surface area contributed by atoms with E-state index in [0.717, 1.165) is 90.6 Å². The van der Waals surface area contributed by atoms with Crippen molar-refractivity contribution < 1.29 is 122 Å². The van der Waals surface area contributed by atoms with E-state index in [2.05, 4.69) is 93.6 Å². The second kappa shape index (κ2) is 33.7. The molecular weight excluding hydrogens is 1280 g/mol. The molecule has 0 spiro atoms. The van der Waals surface area contributed by atoms with Crippen molar-refractivity contribution in [3.8, 4) is 22.6 Å². The number of anilines is 3. The number of nitrogens with zero attached hydrogens (tertiary/aromatic N) is 6. The molecule has 0 aromatic heterocycles. The molecule has 0 aliphatic carbocycles. The van der Waals surface area contributed by atoms with E-state index in [1.54, 1.807) is 12.1 Å². The van der Waals surface area contributed by atoms with E-state index in [1.807, 2.05) is 24.3 Å². The summed E-state index contributed by atoms with van der Waals surface area (Å²) in [5.74, 6) is -9.60. The Kier molecular flexibility index (Phi) is 26.1. The molecule has 5 aliphatic rings. The number of phenolic OH excluding ortho intramolecular Hbond substituents is 1. The van der Waals surface area contributed by atoms with Gasteiger partial charge in [-0.15, -0.1) is 4.33 Å². The first kappa shape index (κ1) is 74.4. The van der Waals surface area contributed by atoms with E-state index >= 15 is 0 Å². The number of nitrogens with one attached hydrogen (secondary N) is 5. The molecule has 0 radical (unpaired) electrons. The predicted octanol–water partition coefficient (Wildman–Crippen LogP) is -4.96.